The quantitative estimate of drug-likeness (QED) is 0.365. The average molecular weight is 323 g/mol. The van der Waals surface area contributed by atoms with Gasteiger partial charge in [0, 0.05) is 19.5 Å². The van der Waals surface area contributed by atoms with Gasteiger partial charge in [0.05, 0.1) is 0 Å². The molecule has 0 aliphatic heterocycles. The van der Waals surface area contributed by atoms with Crippen LogP contribution in [0.5, 0.6) is 0 Å². The Hall–Kier alpha value is 0.743. The Morgan fingerprint density at radius 2 is 1.40 bits per heavy atom. The van der Waals surface area contributed by atoms with Crippen LogP contribution in [0.2, 0.25) is 0 Å². The third-order valence-corrected chi connectivity index (χ3v) is 1.43. The van der Waals surface area contributed by atoms with E-state index in [2.05, 4.69) is 0 Å². The van der Waals surface area contributed by atoms with Gasteiger partial charge in [0.15, 0.2) is 3.58 Å². The predicted molar refractivity (Wildman–Crippen MR) is 29.3 cm³/mol. The van der Waals surface area contributed by atoms with E-state index in [0.717, 1.165) is 0 Å². The maximum Gasteiger partial charge on any atom is 0.427 e. The van der Waals surface area contributed by atoms with Crippen LogP contribution in [0.4, 0.5) is 22.0 Å². The van der Waals surface area contributed by atoms with Crippen LogP contribution in [0, 0.1) is 0 Å². The summed E-state index contributed by atoms with van der Waals surface area (Å²) in [5.41, 5.74) is 0. The van der Waals surface area contributed by atoms with Gasteiger partial charge in [0.1, 0.15) is 0 Å². The summed E-state index contributed by atoms with van der Waals surface area (Å²) in [6, 6.07) is 0. The number of halogens is 6. The molecule has 7 heteroatoms. The zero-order valence-electron chi connectivity index (χ0n) is 4.47. The molecule has 0 radical (unpaired) electrons. The van der Waals surface area contributed by atoms with Crippen molar-refractivity contribution in [3.8, 4) is 0 Å². The number of hydrogen-bond acceptors (Lipinski definition) is 0. The van der Waals surface area contributed by atoms with Crippen molar-refractivity contribution in [3.63, 3.8) is 0 Å². The van der Waals surface area contributed by atoms with Gasteiger partial charge in [0.2, 0.25) is 0 Å². The average Bonchev–Trinajstić information content (AvgIpc) is 1.62. The van der Waals surface area contributed by atoms with Crippen LogP contribution in [-0.2, 0) is 19.5 Å². The molecular formula is C3F5IZn. The molecule has 0 aliphatic rings. The van der Waals surface area contributed by atoms with Crippen molar-refractivity contribution in [1.29, 1.82) is 0 Å². The van der Waals surface area contributed by atoms with E-state index in [4.69, 9.17) is 0 Å². The molecule has 0 N–H and O–H groups in total. The molecule has 0 amide bonds. The molecule has 0 saturated heterocycles. The first-order valence-electron chi connectivity index (χ1n) is 1.63. The number of hydrogen-bond donors (Lipinski definition) is 0. The van der Waals surface area contributed by atoms with E-state index in [1.165, 1.54) is 0 Å². The third-order valence-electron chi connectivity index (χ3n) is 0.415. The van der Waals surface area contributed by atoms with Crippen LogP contribution in [-0.4, -0.2) is 6.18 Å². The van der Waals surface area contributed by atoms with Crippen LogP contribution in [0.1, 0.15) is 0 Å². The van der Waals surface area contributed by atoms with Crippen LogP contribution in [0.3, 0.4) is 0 Å². The summed E-state index contributed by atoms with van der Waals surface area (Å²) in [5, 5.41) is 0. The Labute approximate surface area is 79.8 Å². The summed E-state index contributed by atoms with van der Waals surface area (Å²) in [5.74, 6) is 0. The fourth-order valence-electron chi connectivity index (χ4n) is 0.107. The van der Waals surface area contributed by atoms with Gasteiger partial charge in [-0.2, -0.15) is 22.0 Å². The molecule has 0 unspecified atom stereocenters. The molecule has 0 bridgehead atoms. The molecule has 0 aromatic carbocycles. The molecule has 0 atom stereocenters. The minimum Gasteiger partial charge on any atom is -0.172 e. The Balaban J connectivity index is 0. The van der Waals surface area contributed by atoms with Crippen LogP contribution >= 0.6 is 22.6 Å². The standard InChI is InChI=1S/C3F5I.Zn/c4-2(5)1(9)3(6,7)8;. The molecule has 0 spiro atoms. The minimum atomic E-state index is -4.90. The second kappa shape index (κ2) is 4.59. The molecule has 0 fully saturated rings. The van der Waals surface area contributed by atoms with Crippen molar-refractivity contribution in [3.05, 3.63) is 9.66 Å². The van der Waals surface area contributed by atoms with Gasteiger partial charge in [-0.1, -0.05) is 0 Å². The van der Waals surface area contributed by atoms with Crippen molar-refractivity contribution in [2.24, 2.45) is 0 Å². The monoisotopic (exact) mass is 322 g/mol. The SMILES string of the molecule is FC(F)=C(I)C(F)(F)F.[Zn]. The molecular weight excluding hydrogens is 323 g/mol. The minimum absolute atomic E-state index is 0. The molecule has 0 aromatic heterocycles. The summed E-state index contributed by atoms with van der Waals surface area (Å²) >= 11 is 0.543. The van der Waals surface area contributed by atoms with Gasteiger partial charge in [-0.05, 0) is 22.6 Å². The van der Waals surface area contributed by atoms with E-state index in [1.54, 1.807) is 0 Å². The van der Waals surface area contributed by atoms with Gasteiger partial charge in [-0.3, -0.25) is 0 Å². The van der Waals surface area contributed by atoms with E-state index in [-0.39, 0.29) is 19.5 Å². The van der Waals surface area contributed by atoms with Crippen LogP contribution < -0.4 is 0 Å². The van der Waals surface area contributed by atoms with Gasteiger partial charge in [-0.25, -0.2) is 0 Å². The first-order chi connectivity index (χ1) is 3.85. The van der Waals surface area contributed by atoms with Crippen molar-refractivity contribution in [2.75, 3.05) is 0 Å². The first kappa shape index (κ1) is 13.3. The van der Waals surface area contributed by atoms with Gasteiger partial charge >= 0.3 is 6.18 Å². The molecule has 56 valence electrons. The Bertz CT molecular complexity index is 134. The maximum atomic E-state index is 11.2. The van der Waals surface area contributed by atoms with E-state index in [1.807, 2.05) is 0 Å². The Kier molecular flexibility index (Phi) is 6.12. The van der Waals surface area contributed by atoms with Crippen molar-refractivity contribution in [1.82, 2.24) is 0 Å². The second-order valence-corrected chi connectivity index (χ2v) is 2.15. The van der Waals surface area contributed by atoms with Crippen LogP contribution in [0.25, 0.3) is 0 Å². The fourth-order valence-corrected chi connectivity index (χ4v) is 0.107. The Morgan fingerprint density at radius 3 is 1.40 bits per heavy atom. The van der Waals surface area contributed by atoms with Crippen molar-refractivity contribution < 1.29 is 41.4 Å². The molecule has 0 saturated carbocycles. The molecule has 0 heterocycles. The normalized spacial score (nSPS) is 10.2. The van der Waals surface area contributed by atoms with Crippen molar-refractivity contribution in [2.45, 2.75) is 6.18 Å². The summed E-state index contributed by atoms with van der Waals surface area (Å²) < 4.78 is 53.8. The maximum absolute atomic E-state index is 11.2. The van der Waals surface area contributed by atoms with Crippen LogP contribution in [0.15, 0.2) is 9.66 Å². The van der Waals surface area contributed by atoms with Gasteiger partial charge in [-0.15, -0.1) is 0 Å². The number of allylic oxidation sites excluding steroid dienone is 1. The summed E-state index contributed by atoms with van der Waals surface area (Å²) in [4.78, 5) is 0. The number of rotatable bonds is 0. The molecule has 0 nitrogen and oxygen atoms in total. The van der Waals surface area contributed by atoms with Gasteiger partial charge in [0.25, 0.3) is 6.08 Å². The fraction of sp³-hybridized carbons (Fsp3) is 0.333. The van der Waals surface area contributed by atoms with E-state index in [9.17, 15) is 22.0 Å². The molecule has 0 aliphatic carbocycles. The first-order valence-corrected chi connectivity index (χ1v) is 2.71. The zero-order chi connectivity index (χ0) is 7.65. The summed E-state index contributed by atoms with van der Waals surface area (Å²) in [6.07, 6.45) is -7.59. The van der Waals surface area contributed by atoms with Crippen molar-refractivity contribution >= 4 is 22.6 Å². The van der Waals surface area contributed by atoms with E-state index < -0.39 is 15.8 Å². The smallest absolute Gasteiger partial charge is 0.172 e. The zero-order valence-corrected chi connectivity index (χ0v) is 9.60. The topological polar surface area (TPSA) is 0 Å². The molecule has 10 heavy (non-hydrogen) atoms. The van der Waals surface area contributed by atoms with E-state index >= 15 is 0 Å². The molecule has 0 rings (SSSR count). The van der Waals surface area contributed by atoms with E-state index in [0.29, 0.717) is 22.6 Å². The van der Waals surface area contributed by atoms with Gasteiger partial charge < -0.3 is 0 Å². The molecule has 0 aromatic rings. The number of alkyl halides is 3. The Morgan fingerprint density at radius 1 is 1.10 bits per heavy atom. The third kappa shape index (κ3) is 4.54. The largest absolute Gasteiger partial charge is 0.427 e. The summed E-state index contributed by atoms with van der Waals surface area (Å²) in [6.45, 7) is 0. The predicted octanol–water partition coefficient (Wildman–Crippen LogP) is 3.09. The summed E-state index contributed by atoms with van der Waals surface area (Å²) in [7, 11) is 0. The second-order valence-electron chi connectivity index (χ2n) is 1.07.